The molecule has 0 aliphatic carbocycles. The third-order valence-electron chi connectivity index (χ3n) is 6.62. The number of likely N-dealkylation sites (tertiary alicyclic amines) is 1. The molecule has 2 amide bonds. The van der Waals surface area contributed by atoms with Crippen LogP contribution >= 0.6 is 0 Å². The van der Waals surface area contributed by atoms with Crippen LogP contribution in [0.3, 0.4) is 0 Å². The number of ether oxygens (including phenoxy) is 1. The van der Waals surface area contributed by atoms with Crippen LogP contribution in [0.2, 0.25) is 0 Å². The van der Waals surface area contributed by atoms with Crippen LogP contribution in [0, 0.1) is 23.0 Å². The van der Waals surface area contributed by atoms with Crippen molar-refractivity contribution < 1.29 is 23.1 Å². The Balaban J connectivity index is 1.56. The standard InChI is InChI=1S/C31H33F2N5O3/c1-31(2,3)41-30(40)38-15-7-11-23(38)19-36-29(39)25-17-26(33)27(24-12-5-4-9-21(24)18-34)37-28(25)35-14-13-20-8-6-10-22(32)16-20/h4-6,8-10,12,16-17,23H,7,11,13-15,19H2,1-3H3,(H,35,37)(H,36,39)/t23-/m1/s1. The van der Waals surface area contributed by atoms with Crippen molar-refractivity contribution in [2.24, 2.45) is 0 Å². The Bertz CT molecular complexity index is 1460. The molecule has 0 radical (unpaired) electrons. The third kappa shape index (κ3) is 7.57. The normalized spacial score (nSPS) is 14.8. The van der Waals surface area contributed by atoms with Gasteiger partial charge in [-0.1, -0.05) is 30.3 Å². The van der Waals surface area contributed by atoms with Crippen molar-refractivity contribution in [2.75, 3.05) is 25.0 Å². The van der Waals surface area contributed by atoms with Crippen molar-refractivity contribution in [1.29, 1.82) is 5.26 Å². The molecule has 41 heavy (non-hydrogen) atoms. The van der Waals surface area contributed by atoms with E-state index in [0.717, 1.165) is 18.1 Å². The van der Waals surface area contributed by atoms with E-state index in [1.807, 2.05) is 6.07 Å². The molecular formula is C31H33F2N5O3. The first-order chi connectivity index (χ1) is 19.6. The summed E-state index contributed by atoms with van der Waals surface area (Å²) in [4.78, 5) is 32.0. The van der Waals surface area contributed by atoms with Gasteiger partial charge in [-0.25, -0.2) is 18.6 Å². The summed E-state index contributed by atoms with van der Waals surface area (Å²) in [7, 11) is 0. The molecule has 0 saturated carbocycles. The Hall–Kier alpha value is -4.52. The van der Waals surface area contributed by atoms with Crippen molar-refractivity contribution in [2.45, 2.75) is 51.7 Å². The van der Waals surface area contributed by atoms with Gasteiger partial charge in [0.05, 0.1) is 23.2 Å². The maximum atomic E-state index is 15.4. The molecule has 0 unspecified atom stereocenters. The molecular weight excluding hydrogens is 528 g/mol. The van der Waals surface area contributed by atoms with Crippen LogP contribution < -0.4 is 10.6 Å². The highest BCUT2D eigenvalue weighted by Crippen LogP contribution is 2.28. The highest BCUT2D eigenvalue weighted by atomic mass is 19.1. The first kappa shape index (κ1) is 29.5. The van der Waals surface area contributed by atoms with E-state index in [4.69, 9.17) is 4.74 Å². The summed E-state index contributed by atoms with van der Waals surface area (Å²) in [5.74, 6) is -1.56. The van der Waals surface area contributed by atoms with Gasteiger partial charge in [-0.15, -0.1) is 0 Å². The number of nitrogens with one attached hydrogen (secondary N) is 2. The van der Waals surface area contributed by atoms with Gasteiger partial charge < -0.3 is 20.3 Å². The fraction of sp³-hybridized carbons (Fsp3) is 0.355. The lowest BCUT2D eigenvalue weighted by Crippen LogP contribution is -2.45. The quantitative estimate of drug-likeness (QED) is 0.366. The second-order valence-electron chi connectivity index (χ2n) is 10.9. The Morgan fingerprint density at radius 1 is 1.15 bits per heavy atom. The number of benzene rings is 2. The Labute approximate surface area is 238 Å². The number of nitriles is 1. The van der Waals surface area contributed by atoms with Crippen LogP contribution in [0.4, 0.5) is 19.4 Å². The van der Waals surface area contributed by atoms with E-state index < -0.39 is 23.4 Å². The van der Waals surface area contributed by atoms with Crippen LogP contribution in [0.5, 0.6) is 0 Å². The molecule has 2 aromatic carbocycles. The van der Waals surface area contributed by atoms with Crippen LogP contribution in [0.15, 0.2) is 54.6 Å². The molecule has 4 rings (SSSR count). The molecule has 2 N–H and O–H groups in total. The molecule has 10 heteroatoms. The smallest absolute Gasteiger partial charge is 0.410 e. The number of carbonyl (C=O) groups excluding carboxylic acids is 2. The van der Waals surface area contributed by atoms with Crippen LogP contribution in [0.1, 0.15) is 55.1 Å². The van der Waals surface area contributed by atoms with Gasteiger partial charge in [0.25, 0.3) is 5.91 Å². The molecule has 8 nitrogen and oxygen atoms in total. The SMILES string of the molecule is CC(C)(C)OC(=O)N1CCC[C@@H]1CNC(=O)c1cc(F)c(-c2ccccc2C#N)nc1NCCc1cccc(F)c1. The van der Waals surface area contributed by atoms with E-state index in [-0.39, 0.29) is 47.6 Å². The second kappa shape index (κ2) is 12.8. The summed E-state index contributed by atoms with van der Waals surface area (Å²) in [6, 6.07) is 15.5. The molecule has 1 aliphatic heterocycles. The van der Waals surface area contributed by atoms with Gasteiger partial charge in [0.15, 0.2) is 0 Å². The topological polar surface area (TPSA) is 107 Å². The molecule has 1 saturated heterocycles. The highest BCUT2D eigenvalue weighted by Gasteiger charge is 2.32. The van der Waals surface area contributed by atoms with Crippen LogP contribution in [-0.2, 0) is 11.2 Å². The monoisotopic (exact) mass is 561 g/mol. The number of pyridine rings is 1. The highest BCUT2D eigenvalue weighted by molar-refractivity contribution is 5.99. The minimum absolute atomic E-state index is 0.0262. The fourth-order valence-electron chi connectivity index (χ4n) is 4.70. The lowest BCUT2D eigenvalue weighted by Gasteiger charge is -2.28. The molecule has 1 fully saturated rings. The predicted molar refractivity (Wildman–Crippen MR) is 151 cm³/mol. The average Bonchev–Trinajstić information content (AvgIpc) is 3.40. The summed E-state index contributed by atoms with van der Waals surface area (Å²) in [5.41, 5.74) is 0.538. The number of anilines is 1. The Kier molecular flexibility index (Phi) is 9.17. The number of halogens is 2. The van der Waals surface area contributed by atoms with Crippen LogP contribution in [0.25, 0.3) is 11.3 Å². The van der Waals surface area contributed by atoms with E-state index in [0.29, 0.717) is 24.9 Å². The van der Waals surface area contributed by atoms with Crippen LogP contribution in [-0.4, -0.2) is 53.2 Å². The van der Waals surface area contributed by atoms with Crippen molar-refractivity contribution in [3.05, 3.63) is 82.9 Å². The van der Waals surface area contributed by atoms with E-state index in [1.165, 1.54) is 12.1 Å². The number of nitrogens with zero attached hydrogens (tertiary/aromatic N) is 3. The van der Waals surface area contributed by atoms with Crippen molar-refractivity contribution in [1.82, 2.24) is 15.2 Å². The van der Waals surface area contributed by atoms with Crippen molar-refractivity contribution in [3.8, 4) is 17.3 Å². The number of hydrogen-bond donors (Lipinski definition) is 2. The zero-order valence-corrected chi connectivity index (χ0v) is 23.3. The van der Waals surface area contributed by atoms with Gasteiger partial charge in [-0.2, -0.15) is 5.26 Å². The first-order valence-corrected chi connectivity index (χ1v) is 13.5. The molecule has 1 aromatic heterocycles. The molecule has 1 aliphatic rings. The predicted octanol–water partition coefficient (Wildman–Crippen LogP) is 5.68. The Morgan fingerprint density at radius 3 is 2.66 bits per heavy atom. The van der Waals surface area contributed by atoms with E-state index >= 15 is 4.39 Å². The Morgan fingerprint density at radius 2 is 1.93 bits per heavy atom. The minimum Gasteiger partial charge on any atom is -0.444 e. The largest absolute Gasteiger partial charge is 0.444 e. The molecule has 2 heterocycles. The molecule has 3 aromatic rings. The number of carbonyl (C=O) groups is 2. The maximum Gasteiger partial charge on any atom is 0.410 e. The summed E-state index contributed by atoms with van der Waals surface area (Å²) < 4.78 is 34.5. The van der Waals surface area contributed by atoms with Crippen molar-refractivity contribution >= 4 is 17.8 Å². The molecule has 1 atom stereocenters. The number of amides is 2. The van der Waals surface area contributed by atoms with Gasteiger partial charge in [0.2, 0.25) is 0 Å². The first-order valence-electron chi connectivity index (χ1n) is 13.5. The van der Waals surface area contributed by atoms with Gasteiger partial charge in [-0.3, -0.25) is 4.79 Å². The average molecular weight is 562 g/mol. The summed E-state index contributed by atoms with van der Waals surface area (Å²) in [6.07, 6.45) is 1.45. The lowest BCUT2D eigenvalue weighted by molar-refractivity contribution is 0.0225. The third-order valence-corrected chi connectivity index (χ3v) is 6.62. The van der Waals surface area contributed by atoms with E-state index in [2.05, 4.69) is 15.6 Å². The lowest BCUT2D eigenvalue weighted by atomic mass is 10.0. The zero-order valence-electron chi connectivity index (χ0n) is 23.3. The van der Waals surface area contributed by atoms with Gasteiger partial charge >= 0.3 is 6.09 Å². The van der Waals surface area contributed by atoms with Gasteiger partial charge in [0, 0.05) is 25.2 Å². The number of aromatic nitrogens is 1. The van der Waals surface area contributed by atoms with Crippen molar-refractivity contribution in [3.63, 3.8) is 0 Å². The van der Waals surface area contributed by atoms with Gasteiger partial charge in [0.1, 0.15) is 28.7 Å². The summed E-state index contributed by atoms with van der Waals surface area (Å²) in [6.45, 7) is 6.34. The minimum atomic E-state index is -0.759. The maximum absolute atomic E-state index is 15.4. The molecule has 0 spiro atoms. The molecule has 0 bridgehead atoms. The number of hydrogen-bond acceptors (Lipinski definition) is 6. The van der Waals surface area contributed by atoms with Gasteiger partial charge in [-0.05, 0) is 69.9 Å². The second-order valence-corrected chi connectivity index (χ2v) is 10.9. The summed E-state index contributed by atoms with van der Waals surface area (Å²) in [5, 5.41) is 15.4. The molecule has 214 valence electrons. The number of rotatable bonds is 8. The zero-order chi connectivity index (χ0) is 29.6. The summed E-state index contributed by atoms with van der Waals surface area (Å²) >= 11 is 0. The van der Waals surface area contributed by atoms with E-state index in [9.17, 15) is 19.2 Å². The fourth-order valence-corrected chi connectivity index (χ4v) is 4.70. The van der Waals surface area contributed by atoms with E-state index in [1.54, 1.807) is 62.1 Å².